The van der Waals surface area contributed by atoms with Gasteiger partial charge in [0.15, 0.2) is 5.13 Å². The summed E-state index contributed by atoms with van der Waals surface area (Å²) in [5.74, 6) is -0.172. The second kappa shape index (κ2) is 8.27. The number of thiazole rings is 1. The van der Waals surface area contributed by atoms with E-state index in [-0.39, 0.29) is 20.6 Å². The fourth-order valence-corrected chi connectivity index (χ4v) is 4.53. The zero-order valence-electron chi connectivity index (χ0n) is 16.6. The predicted octanol–water partition coefficient (Wildman–Crippen LogP) is 4.06. The van der Waals surface area contributed by atoms with Gasteiger partial charge in [-0.05, 0) is 31.0 Å². The summed E-state index contributed by atoms with van der Waals surface area (Å²) in [6.07, 6.45) is 4.58. The summed E-state index contributed by atoms with van der Waals surface area (Å²) in [4.78, 5) is 43.3. The number of rotatable bonds is 4. The van der Waals surface area contributed by atoms with Crippen molar-refractivity contribution >= 4 is 39.3 Å². The first kappa shape index (κ1) is 19.4. The molecule has 3 aromatic heterocycles. The molecular formula is C22H24N6O2S. The Morgan fingerprint density at radius 2 is 1.94 bits per heavy atom. The first-order chi connectivity index (χ1) is 15.2. The van der Waals surface area contributed by atoms with Crippen LogP contribution in [0.3, 0.4) is 0 Å². The Kier molecular flexibility index (Phi) is 5.17. The lowest BCUT2D eigenvalue weighted by Crippen LogP contribution is -2.41. The first-order valence-electron chi connectivity index (χ1n) is 10.1. The summed E-state index contributed by atoms with van der Waals surface area (Å²) in [6.45, 7) is 1.14. The molecule has 2 N–H and O–H groups in total. The predicted molar refractivity (Wildman–Crippen MR) is 123 cm³/mol. The van der Waals surface area contributed by atoms with Crippen LogP contribution in [0.5, 0.6) is 0 Å². The van der Waals surface area contributed by atoms with Crippen LogP contribution < -0.4 is 5.32 Å². The molecule has 1 aromatic carbocycles. The van der Waals surface area contributed by atoms with E-state index in [1.165, 1.54) is 17.7 Å². The summed E-state index contributed by atoms with van der Waals surface area (Å²) >= 11 is 1.37. The van der Waals surface area contributed by atoms with E-state index >= 15 is 0 Å². The maximum absolute atomic E-state index is 12.8. The van der Waals surface area contributed by atoms with Crippen LogP contribution in [0.15, 0.2) is 54.3 Å². The van der Waals surface area contributed by atoms with Gasteiger partial charge in [-0.1, -0.05) is 18.2 Å². The van der Waals surface area contributed by atoms with E-state index in [2.05, 4.69) is 25.3 Å². The van der Waals surface area contributed by atoms with Gasteiger partial charge in [0.05, 0.1) is 0 Å². The zero-order valence-corrected chi connectivity index (χ0v) is 17.4. The summed E-state index contributed by atoms with van der Waals surface area (Å²) in [6, 6.07) is 11.2. The Bertz CT molecular complexity index is 1240. The molecule has 0 unspecified atom stereocenters. The van der Waals surface area contributed by atoms with E-state index in [9.17, 15) is 9.59 Å². The number of anilines is 1. The smallest absolute Gasteiger partial charge is 0.253 e. The van der Waals surface area contributed by atoms with Crippen LogP contribution >= 0.6 is 11.3 Å². The molecule has 8 nitrogen and oxygen atoms in total. The minimum absolute atomic E-state index is 0. The van der Waals surface area contributed by atoms with Crippen molar-refractivity contribution in [3.63, 3.8) is 0 Å². The van der Waals surface area contributed by atoms with Crippen LogP contribution in [0.25, 0.3) is 22.4 Å². The number of carbonyl (C=O) groups excluding carboxylic acids is 2. The third-order valence-corrected chi connectivity index (χ3v) is 6.26. The lowest BCUT2D eigenvalue weighted by molar-refractivity contribution is -0.121. The standard InChI is InChI=1S/C22H20N6O2S.2H2/c29-20(14-7-10-28(11-8-14)21(30)15-4-2-1-3-5-15)27-22-26-17(12-31-22)18-16-6-9-23-19(16)25-13-24-18;;/h1-6,9,12-14H,7-8,10-11H2,(H,23,24,25)(H,26,27,29);2*1H. The number of hydrogen-bond donors (Lipinski definition) is 2. The molecule has 1 fully saturated rings. The molecule has 4 aromatic rings. The van der Waals surface area contributed by atoms with Gasteiger partial charge in [0, 0.05) is 44.4 Å². The van der Waals surface area contributed by atoms with Gasteiger partial charge in [0.2, 0.25) is 5.91 Å². The van der Waals surface area contributed by atoms with Gasteiger partial charge in [0.25, 0.3) is 5.91 Å². The van der Waals surface area contributed by atoms with Crippen molar-refractivity contribution < 1.29 is 12.4 Å². The molecule has 160 valence electrons. The molecule has 1 saturated heterocycles. The van der Waals surface area contributed by atoms with Gasteiger partial charge in [-0.15, -0.1) is 11.3 Å². The molecule has 1 aliphatic rings. The van der Waals surface area contributed by atoms with Crippen molar-refractivity contribution in [1.29, 1.82) is 0 Å². The molecule has 4 heterocycles. The van der Waals surface area contributed by atoms with E-state index in [1.807, 2.05) is 52.9 Å². The van der Waals surface area contributed by atoms with Crippen molar-refractivity contribution in [3.8, 4) is 11.4 Å². The molecule has 9 heteroatoms. The molecule has 1 aliphatic heterocycles. The molecule has 2 amide bonds. The van der Waals surface area contributed by atoms with Crippen LogP contribution in [-0.4, -0.2) is 49.7 Å². The maximum atomic E-state index is 12.8. The number of amides is 2. The summed E-state index contributed by atoms with van der Waals surface area (Å²) in [7, 11) is 0. The molecule has 0 aliphatic carbocycles. The Hall–Kier alpha value is -3.59. The molecule has 0 spiro atoms. The van der Waals surface area contributed by atoms with Crippen molar-refractivity contribution in [2.24, 2.45) is 5.92 Å². The summed E-state index contributed by atoms with van der Waals surface area (Å²) in [5, 5.41) is 6.25. The number of likely N-dealkylation sites (tertiary alicyclic amines) is 1. The SMILES string of the molecule is O=C(Nc1nc(-c2ncnc3[nH]ccc23)cs1)C1CCN(C(=O)c2ccccc2)CC1.[HH].[HH]. The minimum atomic E-state index is -0.136. The van der Waals surface area contributed by atoms with Crippen LogP contribution in [0, 0.1) is 5.92 Å². The minimum Gasteiger partial charge on any atom is -0.346 e. The largest absolute Gasteiger partial charge is 0.346 e. The number of aromatic amines is 1. The molecule has 0 radical (unpaired) electrons. The maximum Gasteiger partial charge on any atom is 0.253 e. The number of benzene rings is 1. The highest BCUT2D eigenvalue weighted by molar-refractivity contribution is 7.14. The lowest BCUT2D eigenvalue weighted by Gasteiger charge is -2.31. The third kappa shape index (κ3) is 3.91. The average Bonchev–Trinajstić information content (AvgIpc) is 3.49. The Morgan fingerprint density at radius 1 is 1.13 bits per heavy atom. The summed E-state index contributed by atoms with van der Waals surface area (Å²) in [5.41, 5.74) is 2.87. The monoisotopic (exact) mass is 436 g/mol. The number of nitrogens with zero attached hydrogens (tertiary/aromatic N) is 4. The lowest BCUT2D eigenvalue weighted by atomic mass is 9.95. The second-order valence-corrected chi connectivity index (χ2v) is 8.28. The van der Waals surface area contributed by atoms with Gasteiger partial charge >= 0.3 is 0 Å². The summed E-state index contributed by atoms with van der Waals surface area (Å²) < 4.78 is 0. The Labute approximate surface area is 185 Å². The quantitative estimate of drug-likeness (QED) is 0.502. The van der Waals surface area contributed by atoms with Crippen LogP contribution in [-0.2, 0) is 4.79 Å². The van der Waals surface area contributed by atoms with E-state index < -0.39 is 0 Å². The van der Waals surface area contributed by atoms with Crippen molar-refractivity contribution in [2.75, 3.05) is 18.4 Å². The van der Waals surface area contributed by atoms with E-state index in [4.69, 9.17) is 0 Å². The number of hydrogen-bond acceptors (Lipinski definition) is 6. The molecule has 5 rings (SSSR count). The number of aromatic nitrogens is 4. The first-order valence-corrected chi connectivity index (χ1v) is 11.0. The number of fused-ring (bicyclic) bond motifs is 1. The number of piperidine rings is 1. The average molecular weight is 437 g/mol. The topological polar surface area (TPSA) is 104 Å². The number of H-pyrrole nitrogens is 1. The zero-order chi connectivity index (χ0) is 21.2. The number of carbonyl (C=O) groups is 2. The second-order valence-electron chi connectivity index (χ2n) is 7.42. The van der Waals surface area contributed by atoms with E-state index in [1.54, 1.807) is 0 Å². The highest BCUT2D eigenvalue weighted by Gasteiger charge is 2.28. The normalized spacial score (nSPS) is 14.6. The molecule has 0 saturated carbocycles. The van der Waals surface area contributed by atoms with Gasteiger partial charge in [0.1, 0.15) is 23.4 Å². The van der Waals surface area contributed by atoms with Crippen LogP contribution in [0.2, 0.25) is 0 Å². The molecule has 31 heavy (non-hydrogen) atoms. The van der Waals surface area contributed by atoms with Gasteiger partial charge < -0.3 is 15.2 Å². The van der Waals surface area contributed by atoms with Crippen LogP contribution in [0.1, 0.15) is 26.1 Å². The van der Waals surface area contributed by atoms with Gasteiger partial charge in [-0.2, -0.15) is 0 Å². The Balaban J connectivity index is 0.00000153. The number of nitrogens with one attached hydrogen (secondary N) is 2. The fraction of sp³-hybridized carbons (Fsp3) is 0.227. The van der Waals surface area contributed by atoms with E-state index in [0.717, 1.165) is 16.7 Å². The van der Waals surface area contributed by atoms with Crippen molar-refractivity contribution in [2.45, 2.75) is 12.8 Å². The highest BCUT2D eigenvalue weighted by atomic mass is 32.1. The van der Waals surface area contributed by atoms with Gasteiger partial charge in [-0.3, -0.25) is 9.59 Å². The molecule has 0 bridgehead atoms. The molecular weight excluding hydrogens is 412 g/mol. The van der Waals surface area contributed by atoms with Crippen molar-refractivity contribution in [1.82, 2.24) is 24.8 Å². The van der Waals surface area contributed by atoms with Crippen LogP contribution in [0.4, 0.5) is 5.13 Å². The van der Waals surface area contributed by atoms with E-state index in [0.29, 0.717) is 42.3 Å². The highest BCUT2D eigenvalue weighted by Crippen LogP contribution is 2.29. The van der Waals surface area contributed by atoms with Gasteiger partial charge in [-0.25, -0.2) is 15.0 Å². The Morgan fingerprint density at radius 3 is 2.74 bits per heavy atom. The fourth-order valence-electron chi connectivity index (χ4n) is 3.83. The third-order valence-electron chi connectivity index (χ3n) is 5.50. The molecule has 0 atom stereocenters. The van der Waals surface area contributed by atoms with Crippen molar-refractivity contribution in [3.05, 3.63) is 59.9 Å².